The van der Waals surface area contributed by atoms with Crippen LogP contribution in [0.15, 0.2) is 24.5 Å². The van der Waals surface area contributed by atoms with E-state index in [1.165, 1.54) is 0 Å². The maximum atomic E-state index is 11.8. The van der Waals surface area contributed by atoms with Gasteiger partial charge >= 0.3 is 0 Å². The van der Waals surface area contributed by atoms with Crippen LogP contribution in [0.4, 0.5) is 0 Å². The van der Waals surface area contributed by atoms with Crippen LogP contribution >= 0.6 is 0 Å². The van der Waals surface area contributed by atoms with Crippen LogP contribution in [0.25, 0.3) is 0 Å². The van der Waals surface area contributed by atoms with Gasteiger partial charge in [0.15, 0.2) is 5.78 Å². The molecule has 0 unspecified atom stereocenters. The lowest BCUT2D eigenvalue weighted by atomic mass is 10.1. The summed E-state index contributed by atoms with van der Waals surface area (Å²) in [7, 11) is 0. The van der Waals surface area contributed by atoms with Gasteiger partial charge in [-0.3, -0.25) is 14.7 Å². The molecule has 0 saturated heterocycles. The maximum absolute atomic E-state index is 11.8. The number of aliphatic hydroxyl groups is 2. The Hall–Kier alpha value is -1.30. The first kappa shape index (κ1) is 13.8. The summed E-state index contributed by atoms with van der Waals surface area (Å²) in [5.41, 5.74) is 0.646. The molecule has 94 valence electrons. The third-order valence-electron chi connectivity index (χ3n) is 2.49. The topological polar surface area (TPSA) is 73.7 Å². The molecule has 0 radical (unpaired) electrons. The fraction of sp³-hybridized carbons (Fsp3) is 0.500. The van der Waals surface area contributed by atoms with Gasteiger partial charge in [-0.05, 0) is 12.1 Å². The fourth-order valence-electron chi connectivity index (χ4n) is 1.56. The summed E-state index contributed by atoms with van der Waals surface area (Å²) in [5.74, 6) is 0.0493. The molecular formula is C12H18N2O3. The second-order valence-corrected chi connectivity index (χ2v) is 3.70. The number of pyridine rings is 1. The van der Waals surface area contributed by atoms with Crippen LogP contribution in [0.3, 0.4) is 0 Å². The average Bonchev–Trinajstić information content (AvgIpc) is 2.37. The minimum Gasteiger partial charge on any atom is -0.395 e. The van der Waals surface area contributed by atoms with Crippen molar-refractivity contribution in [1.29, 1.82) is 0 Å². The molecule has 1 aromatic rings. The van der Waals surface area contributed by atoms with Crippen molar-refractivity contribution in [3.8, 4) is 0 Å². The third-order valence-corrected chi connectivity index (χ3v) is 2.49. The van der Waals surface area contributed by atoms with E-state index >= 15 is 0 Å². The molecule has 2 N–H and O–H groups in total. The SMILES string of the molecule is O=C(CCN(CCO)CCO)c1ccncc1. The molecule has 0 aliphatic rings. The van der Waals surface area contributed by atoms with Crippen LogP contribution in [0, 0.1) is 0 Å². The smallest absolute Gasteiger partial charge is 0.164 e. The van der Waals surface area contributed by atoms with Crippen LogP contribution in [0.5, 0.6) is 0 Å². The molecule has 0 spiro atoms. The van der Waals surface area contributed by atoms with Gasteiger partial charge in [-0.1, -0.05) is 0 Å². The van der Waals surface area contributed by atoms with Crippen molar-refractivity contribution in [3.05, 3.63) is 30.1 Å². The Balaban J connectivity index is 2.41. The first-order chi connectivity index (χ1) is 8.27. The molecule has 17 heavy (non-hydrogen) atoms. The van der Waals surface area contributed by atoms with Gasteiger partial charge in [-0.25, -0.2) is 0 Å². The van der Waals surface area contributed by atoms with Crippen LogP contribution in [-0.2, 0) is 0 Å². The zero-order chi connectivity index (χ0) is 12.5. The van der Waals surface area contributed by atoms with Crippen molar-refractivity contribution >= 4 is 5.78 Å². The number of carbonyl (C=O) groups excluding carboxylic acids is 1. The quantitative estimate of drug-likeness (QED) is 0.621. The number of hydrogen-bond acceptors (Lipinski definition) is 5. The van der Waals surface area contributed by atoms with Crippen molar-refractivity contribution in [2.24, 2.45) is 0 Å². The Bertz CT molecular complexity index is 324. The van der Waals surface area contributed by atoms with Crippen LogP contribution in [-0.4, -0.2) is 58.7 Å². The number of Topliss-reactive ketones (excluding diaryl/α,β-unsaturated/α-hetero) is 1. The maximum Gasteiger partial charge on any atom is 0.164 e. The van der Waals surface area contributed by atoms with E-state index in [1.807, 2.05) is 4.90 Å². The summed E-state index contributed by atoms with van der Waals surface area (Å²) < 4.78 is 0. The van der Waals surface area contributed by atoms with Crippen molar-refractivity contribution in [1.82, 2.24) is 9.88 Å². The van der Waals surface area contributed by atoms with Crippen LogP contribution < -0.4 is 0 Å². The van der Waals surface area contributed by atoms with Gasteiger partial charge in [0.05, 0.1) is 13.2 Å². The van der Waals surface area contributed by atoms with Gasteiger partial charge < -0.3 is 10.2 Å². The molecule has 0 saturated carbocycles. The molecule has 0 aromatic carbocycles. The van der Waals surface area contributed by atoms with Gasteiger partial charge in [-0.2, -0.15) is 0 Å². The highest BCUT2D eigenvalue weighted by Gasteiger charge is 2.09. The van der Waals surface area contributed by atoms with E-state index in [2.05, 4.69) is 4.98 Å². The molecule has 5 heteroatoms. The van der Waals surface area contributed by atoms with Gasteiger partial charge in [-0.15, -0.1) is 0 Å². The molecule has 0 fully saturated rings. The Labute approximate surface area is 101 Å². The standard InChI is InChI=1S/C12H18N2O3/c15-9-7-14(8-10-16)6-3-12(17)11-1-4-13-5-2-11/h1-2,4-5,15-16H,3,6-10H2. The molecule has 0 aliphatic heterocycles. The molecule has 0 atom stereocenters. The van der Waals surface area contributed by atoms with E-state index in [0.717, 1.165) is 0 Å². The predicted octanol–water partition coefficient (Wildman–Crippen LogP) is -0.0590. The monoisotopic (exact) mass is 238 g/mol. The molecule has 1 aromatic heterocycles. The summed E-state index contributed by atoms with van der Waals surface area (Å²) in [6.07, 6.45) is 3.56. The number of carbonyl (C=O) groups is 1. The minimum atomic E-state index is 0.0312. The van der Waals surface area contributed by atoms with E-state index in [9.17, 15) is 4.79 Å². The van der Waals surface area contributed by atoms with Crippen molar-refractivity contribution < 1.29 is 15.0 Å². The van der Waals surface area contributed by atoms with Crippen molar-refractivity contribution in [3.63, 3.8) is 0 Å². The van der Waals surface area contributed by atoms with Gasteiger partial charge in [0.2, 0.25) is 0 Å². The Kier molecular flexibility index (Phi) is 6.39. The summed E-state index contributed by atoms with van der Waals surface area (Å²) in [6.45, 7) is 1.56. The summed E-state index contributed by atoms with van der Waals surface area (Å²) in [4.78, 5) is 17.5. The lowest BCUT2D eigenvalue weighted by Gasteiger charge is -2.19. The number of hydrogen-bond donors (Lipinski definition) is 2. The van der Waals surface area contributed by atoms with E-state index in [1.54, 1.807) is 24.5 Å². The molecule has 0 amide bonds. The highest BCUT2D eigenvalue weighted by atomic mass is 16.3. The first-order valence-corrected chi connectivity index (χ1v) is 5.65. The molecule has 0 bridgehead atoms. The predicted molar refractivity (Wildman–Crippen MR) is 63.8 cm³/mol. The van der Waals surface area contributed by atoms with Crippen molar-refractivity contribution in [2.45, 2.75) is 6.42 Å². The fourth-order valence-corrected chi connectivity index (χ4v) is 1.56. The highest BCUT2D eigenvalue weighted by Crippen LogP contribution is 2.02. The Morgan fingerprint density at radius 2 is 1.71 bits per heavy atom. The van der Waals surface area contributed by atoms with E-state index < -0.39 is 0 Å². The average molecular weight is 238 g/mol. The van der Waals surface area contributed by atoms with E-state index in [-0.39, 0.29) is 19.0 Å². The first-order valence-electron chi connectivity index (χ1n) is 5.65. The Morgan fingerprint density at radius 1 is 1.12 bits per heavy atom. The molecule has 0 aliphatic carbocycles. The van der Waals surface area contributed by atoms with E-state index in [0.29, 0.717) is 31.6 Å². The molecule has 5 nitrogen and oxygen atoms in total. The number of aromatic nitrogens is 1. The largest absolute Gasteiger partial charge is 0.395 e. The normalized spacial score (nSPS) is 10.8. The van der Waals surface area contributed by atoms with Crippen LogP contribution in [0.2, 0.25) is 0 Å². The van der Waals surface area contributed by atoms with Gasteiger partial charge in [0.25, 0.3) is 0 Å². The second-order valence-electron chi connectivity index (χ2n) is 3.70. The molecule has 1 heterocycles. The Morgan fingerprint density at radius 3 is 2.24 bits per heavy atom. The number of rotatable bonds is 8. The molecule has 1 rings (SSSR count). The van der Waals surface area contributed by atoms with Crippen molar-refractivity contribution in [2.75, 3.05) is 32.8 Å². The second kappa shape index (κ2) is 7.89. The molecular weight excluding hydrogens is 220 g/mol. The number of aliphatic hydroxyl groups excluding tert-OH is 2. The minimum absolute atomic E-state index is 0.0312. The third kappa shape index (κ3) is 5.04. The van der Waals surface area contributed by atoms with Gasteiger partial charge in [0.1, 0.15) is 0 Å². The highest BCUT2D eigenvalue weighted by molar-refractivity contribution is 5.95. The summed E-state index contributed by atoms with van der Waals surface area (Å²) in [6, 6.07) is 3.37. The van der Waals surface area contributed by atoms with E-state index in [4.69, 9.17) is 10.2 Å². The lowest BCUT2D eigenvalue weighted by Crippen LogP contribution is -2.31. The summed E-state index contributed by atoms with van der Waals surface area (Å²) >= 11 is 0. The summed E-state index contributed by atoms with van der Waals surface area (Å²) in [5, 5.41) is 17.7. The zero-order valence-electron chi connectivity index (χ0n) is 9.75. The number of nitrogens with zero attached hydrogens (tertiary/aromatic N) is 2. The van der Waals surface area contributed by atoms with Crippen LogP contribution in [0.1, 0.15) is 16.8 Å². The number of ketones is 1. The lowest BCUT2D eigenvalue weighted by molar-refractivity contribution is 0.0946. The zero-order valence-corrected chi connectivity index (χ0v) is 9.75. The van der Waals surface area contributed by atoms with Gasteiger partial charge in [0, 0.05) is 44.0 Å².